The average molecular weight is 519 g/mol. The Balaban J connectivity index is 1.64. The zero-order chi connectivity index (χ0) is 27.0. The minimum absolute atomic E-state index is 0.0729. The van der Waals surface area contributed by atoms with E-state index in [1.165, 1.54) is 12.2 Å². The summed E-state index contributed by atoms with van der Waals surface area (Å²) in [5, 5.41) is 71.6. The normalized spacial score (nSPS) is 44.5. The number of aliphatic hydroxyl groups is 7. The van der Waals surface area contributed by atoms with E-state index < -0.39 is 79.0 Å². The lowest BCUT2D eigenvalue weighted by molar-refractivity contribution is -0.324. The Kier molecular flexibility index (Phi) is 9.12. The van der Waals surface area contributed by atoms with Crippen LogP contribution in [0, 0.1) is 5.41 Å². The van der Waals surface area contributed by atoms with Crippen LogP contribution in [0.25, 0.3) is 0 Å². The Bertz CT molecular complexity index is 843. The maximum atomic E-state index is 11.9. The van der Waals surface area contributed by atoms with Gasteiger partial charge in [-0.1, -0.05) is 19.9 Å². The van der Waals surface area contributed by atoms with Crippen LogP contribution in [0.4, 0.5) is 0 Å². The van der Waals surface area contributed by atoms with Gasteiger partial charge in [-0.05, 0) is 31.6 Å². The van der Waals surface area contributed by atoms with E-state index in [0.29, 0.717) is 5.57 Å². The average Bonchev–Trinajstić information content (AvgIpc) is 2.80. The van der Waals surface area contributed by atoms with Gasteiger partial charge in [0, 0.05) is 11.8 Å². The second kappa shape index (κ2) is 11.2. The van der Waals surface area contributed by atoms with Gasteiger partial charge in [0.15, 0.2) is 18.4 Å². The van der Waals surface area contributed by atoms with E-state index in [1.54, 1.807) is 33.8 Å². The highest BCUT2D eigenvalue weighted by Gasteiger charge is 2.48. The van der Waals surface area contributed by atoms with Gasteiger partial charge in [0.1, 0.15) is 48.3 Å². The molecule has 2 aliphatic heterocycles. The number of allylic oxidation sites excluding steroid dienone is 1. The maximum Gasteiger partial charge on any atom is 0.187 e. The predicted molar refractivity (Wildman–Crippen MR) is 122 cm³/mol. The van der Waals surface area contributed by atoms with E-state index in [-0.39, 0.29) is 18.8 Å². The van der Waals surface area contributed by atoms with Crippen molar-refractivity contribution in [1.29, 1.82) is 0 Å². The quantitative estimate of drug-likeness (QED) is 0.181. The first-order valence-corrected chi connectivity index (χ1v) is 11.9. The number of rotatable bonds is 7. The van der Waals surface area contributed by atoms with E-state index in [9.17, 15) is 40.5 Å². The highest BCUT2D eigenvalue weighted by molar-refractivity contribution is 5.92. The summed E-state index contributed by atoms with van der Waals surface area (Å²) in [6.07, 6.45) is -9.09. The van der Waals surface area contributed by atoms with Gasteiger partial charge in [0.05, 0.1) is 19.3 Å². The van der Waals surface area contributed by atoms with Crippen LogP contribution < -0.4 is 0 Å². The molecule has 2 fully saturated rings. The third kappa shape index (κ3) is 5.89. The molecule has 0 spiro atoms. The summed E-state index contributed by atoms with van der Waals surface area (Å²) in [6.45, 7) is 6.17. The van der Waals surface area contributed by atoms with Gasteiger partial charge in [-0.15, -0.1) is 0 Å². The monoisotopic (exact) mass is 518 g/mol. The Labute approximate surface area is 209 Å². The van der Waals surface area contributed by atoms with Gasteiger partial charge in [-0.3, -0.25) is 4.79 Å². The van der Waals surface area contributed by atoms with Crippen LogP contribution >= 0.6 is 0 Å². The topological polar surface area (TPSA) is 196 Å². The second-order valence-corrected chi connectivity index (χ2v) is 10.4. The summed E-state index contributed by atoms with van der Waals surface area (Å²) in [4.78, 5) is 11.9. The molecular formula is C24H38O12. The second-order valence-electron chi connectivity index (χ2n) is 10.4. The molecule has 1 aliphatic carbocycles. The van der Waals surface area contributed by atoms with Crippen LogP contribution in [0.15, 0.2) is 23.8 Å². The van der Waals surface area contributed by atoms with Crippen molar-refractivity contribution in [2.75, 3.05) is 13.2 Å². The van der Waals surface area contributed by atoms with Crippen LogP contribution in [0.5, 0.6) is 0 Å². The number of carbonyl (C=O) groups excluding carboxylic acids is 1. The molecule has 0 bridgehead atoms. The summed E-state index contributed by atoms with van der Waals surface area (Å²) in [6, 6.07) is 0. The summed E-state index contributed by atoms with van der Waals surface area (Å²) in [5.74, 6) is -0.0729. The highest BCUT2D eigenvalue weighted by Crippen LogP contribution is 2.44. The van der Waals surface area contributed by atoms with Crippen molar-refractivity contribution in [3.8, 4) is 0 Å². The smallest absolute Gasteiger partial charge is 0.187 e. The molecule has 11 atom stereocenters. The third-order valence-corrected chi connectivity index (χ3v) is 7.13. The fraction of sp³-hybridized carbons (Fsp3) is 0.792. The first-order chi connectivity index (χ1) is 16.7. The van der Waals surface area contributed by atoms with E-state index in [4.69, 9.17) is 18.9 Å². The Hall–Kier alpha value is -1.29. The molecule has 36 heavy (non-hydrogen) atoms. The molecule has 0 aromatic heterocycles. The molecule has 0 aromatic rings. The summed E-state index contributed by atoms with van der Waals surface area (Å²) in [5.41, 5.74) is -1.69. The van der Waals surface area contributed by atoms with Crippen LogP contribution in [0.1, 0.15) is 34.1 Å². The number of carbonyl (C=O) groups is 1. The SMILES string of the molecule is CC1=CC(=O)CC(C)(C)[C@@]1(O)/C=C/[C@@H](C)O[C@@H]1O[C@H](CO[C@@H]2OC[C@@H](O)[C@H](O)[C@H]2O)[C@@H](O)[C@H](O)[C@H]1O. The van der Waals surface area contributed by atoms with Crippen molar-refractivity contribution in [3.05, 3.63) is 23.8 Å². The van der Waals surface area contributed by atoms with E-state index in [0.717, 1.165) is 0 Å². The lowest BCUT2D eigenvalue weighted by Crippen LogP contribution is -2.60. The van der Waals surface area contributed by atoms with Crippen molar-refractivity contribution in [2.45, 2.75) is 101 Å². The number of ketones is 1. The van der Waals surface area contributed by atoms with Crippen LogP contribution in [-0.2, 0) is 23.7 Å². The first-order valence-electron chi connectivity index (χ1n) is 11.9. The number of aliphatic hydroxyl groups excluding tert-OH is 6. The van der Waals surface area contributed by atoms with Crippen molar-refractivity contribution in [1.82, 2.24) is 0 Å². The van der Waals surface area contributed by atoms with Crippen LogP contribution in [0.3, 0.4) is 0 Å². The van der Waals surface area contributed by atoms with Crippen LogP contribution in [-0.4, -0.2) is 122 Å². The van der Waals surface area contributed by atoms with Gasteiger partial charge < -0.3 is 54.7 Å². The fourth-order valence-electron chi connectivity index (χ4n) is 4.68. The zero-order valence-electron chi connectivity index (χ0n) is 20.8. The number of ether oxygens (including phenoxy) is 4. The first kappa shape index (κ1) is 29.3. The molecular weight excluding hydrogens is 480 g/mol. The van der Waals surface area contributed by atoms with Gasteiger partial charge in [0.2, 0.25) is 0 Å². The van der Waals surface area contributed by atoms with E-state index >= 15 is 0 Å². The van der Waals surface area contributed by atoms with Gasteiger partial charge in [0.25, 0.3) is 0 Å². The van der Waals surface area contributed by atoms with Gasteiger partial charge in [-0.25, -0.2) is 0 Å². The molecule has 0 amide bonds. The lowest BCUT2D eigenvalue weighted by atomic mass is 9.64. The molecule has 206 valence electrons. The Morgan fingerprint density at radius 3 is 2.33 bits per heavy atom. The van der Waals surface area contributed by atoms with Crippen molar-refractivity contribution in [3.63, 3.8) is 0 Å². The van der Waals surface area contributed by atoms with Crippen molar-refractivity contribution < 1.29 is 59.5 Å². The molecule has 0 saturated carbocycles. The minimum atomic E-state index is -1.64. The number of hydrogen-bond donors (Lipinski definition) is 7. The van der Waals surface area contributed by atoms with Gasteiger partial charge in [-0.2, -0.15) is 0 Å². The molecule has 0 aromatic carbocycles. The standard InChI is InChI=1S/C24H38O12/c1-11-7-13(25)8-23(3,4)24(11,32)6-5-12(2)35-22-20(31)18(29)17(28)15(36-22)10-34-21-19(30)16(27)14(26)9-33-21/h5-7,12,14-22,26-32H,8-10H2,1-4H3/b6-5+/t12-,14-,15-,16+,17-,18+,19-,20-,21+,22-,24-/m1/s1. The molecule has 7 N–H and O–H groups in total. The molecule has 12 heteroatoms. The van der Waals surface area contributed by atoms with E-state index in [1.807, 2.05) is 0 Å². The zero-order valence-corrected chi connectivity index (χ0v) is 20.8. The Morgan fingerprint density at radius 2 is 1.69 bits per heavy atom. The molecule has 0 radical (unpaired) electrons. The molecule has 0 unspecified atom stereocenters. The summed E-state index contributed by atoms with van der Waals surface area (Å²) < 4.78 is 21.9. The fourth-order valence-corrected chi connectivity index (χ4v) is 4.68. The maximum absolute atomic E-state index is 11.9. The summed E-state index contributed by atoms with van der Waals surface area (Å²) >= 11 is 0. The van der Waals surface area contributed by atoms with Gasteiger partial charge >= 0.3 is 0 Å². The summed E-state index contributed by atoms with van der Waals surface area (Å²) in [7, 11) is 0. The molecule has 2 heterocycles. The molecule has 2 saturated heterocycles. The van der Waals surface area contributed by atoms with Crippen LogP contribution in [0.2, 0.25) is 0 Å². The predicted octanol–water partition coefficient (Wildman–Crippen LogP) is -2.11. The molecule has 12 nitrogen and oxygen atoms in total. The Morgan fingerprint density at radius 1 is 1.06 bits per heavy atom. The third-order valence-electron chi connectivity index (χ3n) is 7.13. The largest absolute Gasteiger partial charge is 0.388 e. The molecule has 3 aliphatic rings. The van der Waals surface area contributed by atoms with E-state index in [2.05, 4.69) is 0 Å². The highest BCUT2D eigenvalue weighted by atomic mass is 16.7. The van der Waals surface area contributed by atoms with Crippen molar-refractivity contribution in [2.24, 2.45) is 5.41 Å². The minimum Gasteiger partial charge on any atom is -0.388 e. The molecule has 3 rings (SSSR count). The van der Waals surface area contributed by atoms with Crippen molar-refractivity contribution >= 4 is 5.78 Å². The number of hydrogen-bond acceptors (Lipinski definition) is 12. The lowest BCUT2D eigenvalue weighted by Gasteiger charge is -2.44.